The SMILES string of the molecule is Cc1cc(Br)oc1C(=O)N1CCCC(C(=O)O)C1. The number of aliphatic carboxylic acids is 1. The van der Waals surface area contributed by atoms with Crippen LogP contribution < -0.4 is 0 Å². The van der Waals surface area contributed by atoms with Crippen LogP contribution in [0.15, 0.2) is 15.2 Å². The van der Waals surface area contributed by atoms with Crippen LogP contribution in [0.4, 0.5) is 0 Å². The van der Waals surface area contributed by atoms with Crippen LogP contribution in [0.25, 0.3) is 0 Å². The Hall–Kier alpha value is -1.30. The van der Waals surface area contributed by atoms with E-state index in [1.807, 2.05) is 0 Å². The fourth-order valence-electron chi connectivity index (χ4n) is 2.16. The maximum absolute atomic E-state index is 12.2. The number of aryl methyl sites for hydroxylation is 1. The average molecular weight is 316 g/mol. The first-order valence-electron chi connectivity index (χ1n) is 5.77. The van der Waals surface area contributed by atoms with Gasteiger partial charge >= 0.3 is 5.97 Å². The summed E-state index contributed by atoms with van der Waals surface area (Å²) >= 11 is 3.18. The molecule has 98 valence electrons. The molecule has 1 N–H and O–H groups in total. The first kappa shape index (κ1) is 13.1. The molecule has 0 radical (unpaired) electrons. The Morgan fingerprint density at radius 2 is 2.28 bits per heavy atom. The summed E-state index contributed by atoms with van der Waals surface area (Å²) in [5.74, 6) is -1.26. The van der Waals surface area contributed by atoms with E-state index in [4.69, 9.17) is 9.52 Å². The summed E-state index contributed by atoms with van der Waals surface area (Å²) in [6.07, 6.45) is 1.34. The fourth-order valence-corrected chi connectivity index (χ4v) is 2.67. The summed E-state index contributed by atoms with van der Waals surface area (Å²) in [4.78, 5) is 24.7. The second-order valence-electron chi connectivity index (χ2n) is 4.49. The lowest BCUT2D eigenvalue weighted by Gasteiger charge is -2.30. The van der Waals surface area contributed by atoms with Crippen LogP contribution in [0.5, 0.6) is 0 Å². The second kappa shape index (κ2) is 5.14. The van der Waals surface area contributed by atoms with E-state index in [0.29, 0.717) is 24.1 Å². The maximum atomic E-state index is 12.2. The van der Waals surface area contributed by atoms with E-state index in [2.05, 4.69) is 15.9 Å². The first-order valence-corrected chi connectivity index (χ1v) is 6.56. The topological polar surface area (TPSA) is 70.8 Å². The number of amides is 1. The van der Waals surface area contributed by atoms with E-state index in [1.165, 1.54) is 0 Å². The van der Waals surface area contributed by atoms with Gasteiger partial charge in [-0.3, -0.25) is 9.59 Å². The Bertz CT molecular complexity index is 482. The largest absolute Gasteiger partial charge is 0.481 e. The molecule has 0 spiro atoms. The predicted octanol–water partition coefficient (Wildman–Crippen LogP) is 2.29. The molecule has 1 unspecified atom stereocenters. The van der Waals surface area contributed by atoms with Crippen molar-refractivity contribution in [3.63, 3.8) is 0 Å². The van der Waals surface area contributed by atoms with Crippen molar-refractivity contribution in [2.75, 3.05) is 13.1 Å². The Kier molecular flexibility index (Phi) is 3.75. The zero-order valence-electron chi connectivity index (χ0n) is 9.98. The highest BCUT2D eigenvalue weighted by molar-refractivity contribution is 9.10. The molecule has 2 heterocycles. The number of rotatable bonds is 2. The molecular weight excluding hydrogens is 302 g/mol. The third kappa shape index (κ3) is 2.58. The Balaban J connectivity index is 2.14. The van der Waals surface area contributed by atoms with E-state index in [-0.39, 0.29) is 18.2 Å². The lowest BCUT2D eigenvalue weighted by Crippen LogP contribution is -2.42. The predicted molar refractivity (Wildman–Crippen MR) is 67.4 cm³/mol. The van der Waals surface area contributed by atoms with Crippen LogP contribution in [-0.4, -0.2) is 35.0 Å². The summed E-state index contributed by atoms with van der Waals surface area (Å²) in [6, 6.07) is 1.73. The molecule has 6 heteroatoms. The number of nitrogens with zero attached hydrogens (tertiary/aromatic N) is 1. The van der Waals surface area contributed by atoms with Gasteiger partial charge in [-0.05, 0) is 41.8 Å². The van der Waals surface area contributed by atoms with Gasteiger partial charge in [0.1, 0.15) is 0 Å². The number of halogens is 1. The number of carbonyl (C=O) groups excluding carboxylic acids is 1. The van der Waals surface area contributed by atoms with Crippen LogP contribution in [0.3, 0.4) is 0 Å². The van der Waals surface area contributed by atoms with Crippen molar-refractivity contribution in [3.05, 3.63) is 22.1 Å². The monoisotopic (exact) mass is 315 g/mol. The summed E-state index contributed by atoms with van der Waals surface area (Å²) in [6.45, 7) is 2.63. The average Bonchev–Trinajstić information content (AvgIpc) is 2.67. The van der Waals surface area contributed by atoms with Crippen LogP contribution >= 0.6 is 15.9 Å². The molecule has 1 aliphatic rings. The minimum absolute atomic E-state index is 0.232. The van der Waals surface area contributed by atoms with E-state index in [9.17, 15) is 9.59 Å². The van der Waals surface area contributed by atoms with Gasteiger partial charge in [0.2, 0.25) is 0 Å². The van der Waals surface area contributed by atoms with Crippen molar-refractivity contribution in [2.24, 2.45) is 5.92 Å². The minimum Gasteiger partial charge on any atom is -0.481 e. The van der Waals surface area contributed by atoms with Crippen molar-refractivity contribution < 1.29 is 19.1 Å². The lowest BCUT2D eigenvalue weighted by molar-refractivity contribution is -0.143. The molecule has 1 amide bonds. The molecule has 1 fully saturated rings. The maximum Gasteiger partial charge on any atom is 0.308 e. The number of carboxylic acids is 1. The van der Waals surface area contributed by atoms with E-state index >= 15 is 0 Å². The molecule has 0 aliphatic carbocycles. The molecule has 1 aromatic rings. The Morgan fingerprint density at radius 1 is 1.56 bits per heavy atom. The molecule has 1 saturated heterocycles. The molecule has 2 rings (SSSR count). The fraction of sp³-hybridized carbons (Fsp3) is 0.500. The highest BCUT2D eigenvalue weighted by atomic mass is 79.9. The summed E-state index contributed by atoms with van der Waals surface area (Å²) in [5, 5.41) is 9.00. The molecule has 5 nitrogen and oxygen atoms in total. The zero-order valence-corrected chi connectivity index (χ0v) is 11.6. The minimum atomic E-state index is -0.843. The Morgan fingerprint density at radius 3 is 2.83 bits per heavy atom. The summed E-state index contributed by atoms with van der Waals surface area (Å²) < 4.78 is 5.81. The standard InChI is InChI=1S/C12H14BrNO4/c1-7-5-9(13)18-10(7)11(15)14-4-2-3-8(6-14)12(16)17/h5,8H,2-4,6H2,1H3,(H,16,17). The van der Waals surface area contributed by atoms with E-state index in [0.717, 1.165) is 5.56 Å². The Labute approximate surface area is 113 Å². The number of likely N-dealkylation sites (tertiary alicyclic amines) is 1. The quantitative estimate of drug-likeness (QED) is 0.909. The second-order valence-corrected chi connectivity index (χ2v) is 5.27. The summed E-state index contributed by atoms with van der Waals surface area (Å²) in [7, 11) is 0. The molecule has 1 aromatic heterocycles. The van der Waals surface area contributed by atoms with Crippen molar-refractivity contribution in [1.29, 1.82) is 0 Å². The van der Waals surface area contributed by atoms with Gasteiger partial charge in [0, 0.05) is 18.7 Å². The molecular formula is C12H14BrNO4. The van der Waals surface area contributed by atoms with Crippen LogP contribution in [-0.2, 0) is 4.79 Å². The zero-order chi connectivity index (χ0) is 13.3. The number of piperidine rings is 1. The number of furan rings is 1. The highest BCUT2D eigenvalue weighted by Gasteiger charge is 2.30. The third-order valence-electron chi connectivity index (χ3n) is 3.14. The van der Waals surface area contributed by atoms with Gasteiger partial charge in [-0.25, -0.2) is 0 Å². The van der Waals surface area contributed by atoms with Gasteiger partial charge in [0.15, 0.2) is 10.4 Å². The van der Waals surface area contributed by atoms with Gasteiger partial charge in [-0.1, -0.05) is 0 Å². The third-order valence-corrected chi connectivity index (χ3v) is 3.53. The van der Waals surface area contributed by atoms with Crippen molar-refractivity contribution in [3.8, 4) is 0 Å². The smallest absolute Gasteiger partial charge is 0.308 e. The van der Waals surface area contributed by atoms with Crippen molar-refractivity contribution >= 4 is 27.8 Å². The van der Waals surface area contributed by atoms with Gasteiger partial charge in [-0.2, -0.15) is 0 Å². The molecule has 18 heavy (non-hydrogen) atoms. The van der Waals surface area contributed by atoms with Gasteiger partial charge < -0.3 is 14.4 Å². The molecule has 0 saturated carbocycles. The number of hydrogen-bond acceptors (Lipinski definition) is 3. The van der Waals surface area contributed by atoms with Crippen molar-refractivity contribution in [1.82, 2.24) is 4.90 Å². The molecule has 1 aliphatic heterocycles. The van der Waals surface area contributed by atoms with Crippen LogP contribution in [0.2, 0.25) is 0 Å². The number of carbonyl (C=O) groups is 2. The molecule has 0 bridgehead atoms. The number of carboxylic acid groups (broad SMARTS) is 1. The summed E-state index contributed by atoms with van der Waals surface area (Å²) in [5.41, 5.74) is 0.754. The van der Waals surface area contributed by atoms with Gasteiger partial charge in [0.25, 0.3) is 5.91 Å². The van der Waals surface area contributed by atoms with Gasteiger partial charge in [0.05, 0.1) is 5.92 Å². The molecule has 0 aromatic carbocycles. The molecule has 1 atom stereocenters. The lowest BCUT2D eigenvalue weighted by atomic mass is 9.98. The number of hydrogen-bond donors (Lipinski definition) is 1. The van der Waals surface area contributed by atoms with Crippen LogP contribution in [0, 0.1) is 12.8 Å². The van der Waals surface area contributed by atoms with E-state index in [1.54, 1.807) is 17.9 Å². The highest BCUT2D eigenvalue weighted by Crippen LogP contribution is 2.24. The van der Waals surface area contributed by atoms with Crippen molar-refractivity contribution in [2.45, 2.75) is 19.8 Å². The van der Waals surface area contributed by atoms with Gasteiger partial charge in [-0.15, -0.1) is 0 Å². The van der Waals surface area contributed by atoms with E-state index < -0.39 is 11.9 Å². The first-order chi connectivity index (χ1) is 8.49. The van der Waals surface area contributed by atoms with Crippen LogP contribution in [0.1, 0.15) is 29.0 Å². The normalized spacial score (nSPS) is 19.9.